The molecule has 200 valence electrons. The van der Waals surface area contributed by atoms with E-state index in [2.05, 4.69) is 10.6 Å². The van der Waals surface area contributed by atoms with E-state index < -0.39 is 45.9 Å². The Morgan fingerprint density at radius 1 is 0.973 bits per heavy atom. The van der Waals surface area contributed by atoms with Crippen LogP contribution in [0.1, 0.15) is 39.9 Å². The van der Waals surface area contributed by atoms with Gasteiger partial charge in [0.1, 0.15) is 0 Å². The number of nitrogens with one attached hydrogen (secondary N) is 2. The lowest BCUT2D eigenvalue weighted by molar-refractivity contribution is -0.143. The van der Waals surface area contributed by atoms with Gasteiger partial charge in [0, 0.05) is 31.0 Å². The molecule has 1 unspecified atom stereocenters. The summed E-state index contributed by atoms with van der Waals surface area (Å²) in [6.07, 6.45) is -8.54. The lowest BCUT2D eigenvalue weighted by Gasteiger charge is -2.39. The highest BCUT2D eigenvalue weighted by molar-refractivity contribution is 8.01. The van der Waals surface area contributed by atoms with Crippen molar-refractivity contribution in [2.24, 2.45) is 0 Å². The number of rotatable bonds is 5. The molecule has 0 aliphatic carbocycles. The van der Waals surface area contributed by atoms with Crippen LogP contribution in [0.25, 0.3) is 0 Å². The largest absolute Gasteiger partial charge is 0.416 e. The maximum atomic E-state index is 13.2. The first-order chi connectivity index (χ1) is 17.4. The van der Waals surface area contributed by atoms with E-state index in [1.54, 1.807) is 11.8 Å². The molecule has 2 aromatic rings. The summed E-state index contributed by atoms with van der Waals surface area (Å²) in [5, 5.41) is 6.24. The monoisotopic (exact) mass is 545 g/mol. The van der Waals surface area contributed by atoms with Crippen LogP contribution in [0.3, 0.4) is 0 Å². The number of likely N-dealkylation sites (tertiary alicyclic amines) is 1. The van der Waals surface area contributed by atoms with E-state index in [9.17, 15) is 35.9 Å². The van der Waals surface area contributed by atoms with Crippen molar-refractivity contribution < 1.29 is 35.9 Å². The molecule has 1 atom stereocenters. The molecule has 2 aromatic carbocycles. The summed E-state index contributed by atoms with van der Waals surface area (Å²) in [4.78, 5) is 26.3. The van der Waals surface area contributed by atoms with Gasteiger partial charge in [0.25, 0.3) is 5.91 Å². The molecule has 0 aromatic heterocycles. The van der Waals surface area contributed by atoms with Crippen LogP contribution in [0.15, 0.2) is 48.5 Å². The number of carbonyl (C=O) groups excluding carboxylic acids is 2. The van der Waals surface area contributed by atoms with Gasteiger partial charge in [-0.05, 0) is 43.0 Å². The quantitative estimate of drug-likeness (QED) is 0.534. The molecule has 2 heterocycles. The van der Waals surface area contributed by atoms with Gasteiger partial charge in [-0.1, -0.05) is 30.3 Å². The van der Waals surface area contributed by atoms with E-state index in [-0.39, 0.29) is 25.1 Å². The van der Waals surface area contributed by atoms with Crippen molar-refractivity contribution >= 4 is 23.6 Å². The fraction of sp³-hybridized carbons (Fsp3) is 0.440. The first-order valence-corrected chi connectivity index (χ1v) is 12.7. The van der Waals surface area contributed by atoms with Gasteiger partial charge in [-0.25, -0.2) is 0 Å². The summed E-state index contributed by atoms with van der Waals surface area (Å²) in [5.74, 6) is -0.500. The fourth-order valence-electron chi connectivity index (χ4n) is 4.50. The molecule has 37 heavy (non-hydrogen) atoms. The van der Waals surface area contributed by atoms with Crippen molar-refractivity contribution in [2.75, 3.05) is 25.4 Å². The standard InChI is InChI=1S/C25H25F6N3O2S/c26-24(27,28)18-12-17(13-19(14-18)25(29,30)31)22(36)34-10-7-23(8-11-34)33-20(15-37-23)21(35)32-9-6-16-4-2-1-3-5-16/h1-5,12-14,20,33H,6-11,15H2,(H,32,35). The van der Waals surface area contributed by atoms with E-state index in [4.69, 9.17) is 0 Å². The third kappa shape index (κ3) is 6.59. The van der Waals surface area contributed by atoms with Gasteiger partial charge in [-0.3, -0.25) is 14.9 Å². The van der Waals surface area contributed by atoms with Gasteiger partial charge in [0.15, 0.2) is 0 Å². The van der Waals surface area contributed by atoms with Crippen LogP contribution in [-0.4, -0.2) is 53.0 Å². The molecule has 2 aliphatic heterocycles. The van der Waals surface area contributed by atoms with Crippen molar-refractivity contribution in [1.82, 2.24) is 15.5 Å². The molecule has 5 nitrogen and oxygen atoms in total. The maximum absolute atomic E-state index is 13.2. The molecule has 0 bridgehead atoms. The zero-order valence-electron chi connectivity index (χ0n) is 19.6. The van der Waals surface area contributed by atoms with E-state index in [0.717, 1.165) is 5.56 Å². The zero-order valence-corrected chi connectivity index (χ0v) is 20.4. The minimum Gasteiger partial charge on any atom is -0.354 e. The molecule has 4 rings (SSSR count). The molecule has 2 saturated heterocycles. The number of alkyl halides is 6. The summed E-state index contributed by atoms with van der Waals surface area (Å²) >= 11 is 1.55. The molecular formula is C25H25F6N3O2S. The SMILES string of the molecule is O=C(NCCc1ccccc1)C1CSC2(CCN(C(=O)c3cc(C(F)(F)F)cc(C(F)(F)F)c3)CC2)N1. The van der Waals surface area contributed by atoms with E-state index in [0.29, 0.717) is 43.7 Å². The molecule has 2 N–H and O–H groups in total. The fourth-order valence-corrected chi connectivity index (χ4v) is 5.92. The Bertz CT molecular complexity index is 1100. The molecule has 2 fully saturated rings. The lowest BCUT2D eigenvalue weighted by atomic mass is 10.00. The molecular weight excluding hydrogens is 520 g/mol. The molecule has 1 spiro atoms. The summed E-state index contributed by atoms with van der Waals surface area (Å²) in [7, 11) is 0. The minimum atomic E-state index is -5.02. The topological polar surface area (TPSA) is 61.4 Å². The Morgan fingerprint density at radius 3 is 2.14 bits per heavy atom. The second-order valence-electron chi connectivity index (χ2n) is 9.12. The number of carbonyl (C=O) groups is 2. The second-order valence-corrected chi connectivity index (χ2v) is 10.5. The van der Waals surface area contributed by atoms with Crippen LogP contribution in [0.4, 0.5) is 26.3 Å². The normalized spacial score (nSPS) is 19.7. The smallest absolute Gasteiger partial charge is 0.354 e. The van der Waals surface area contributed by atoms with Crippen molar-refractivity contribution in [3.8, 4) is 0 Å². The summed E-state index contributed by atoms with van der Waals surface area (Å²) < 4.78 is 79.0. The summed E-state index contributed by atoms with van der Waals surface area (Å²) in [6.45, 7) is 0.759. The Balaban J connectivity index is 1.34. The molecule has 12 heteroatoms. The third-order valence-electron chi connectivity index (χ3n) is 6.53. The molecule has 2 amide bonds. The number of nitrogens with zero attached hydrogens (tertiary/aromatic N) is 1. The van der Waals surface area contributed by atoms with E-state index >= 15 is 0 Å². The average molecular weight is 546 g/mol. The van der Waals surface area contributed by atoms with Gasteiger partial charge in [0.2, 0.25) is 5.91 Å². The Morgan fingerprint density at radius 2 is 1.57 bits per heavy atom. The summed E-state index contributed by atoms with van der Waals surface area (Å²) in [5.41, 5.74) is -2.59. The first kappa shape index (κ1) is 27.3. The highest BCUT2D eigenvalue weighted by Gasteiger charge is 2.45. The predicted octanol–water partition coefficient (Wildman–Crippen LogP) is 4.72. The van der Waals surface area contributed by atoms with Crippen LogP contribution in [0.2, 0.25) is 0 Å². The highest BCUT2D eigenvalue weighted by Crippen LogP contribution is 2.40. The van der Waals surface area contributed by atoms with Crippen molar-refractivity contribution in [1.29, 1.82) is 0 Å². The van der Waals surface area contributed by atoms with Gasteiger partial charge >= 0.3 is 12.4 Å². The van der Waals surface area contributed by atoms with Gasteiger partial charge in [0.05, 0.1) is 22.0 Å². The van der Waals surface area contributed by atoms with Crippen LogP contribution in [0, 0.1) is 0 Å². The summed E-state index contributed by atoms with van der Waals surface area (Å²) in [6, 6.07) is 10.2. The first-order valence-electron chi connectivity index (χ1n) is 11.7. The van der Waals surface area contributed by atoms with Crippen LogP contribution < -0.4 is 10.6 Å². The Labute approximate surface area is 214 Å². The number of hydrogen-bond donors (Lipinski definition) is 2. The number of halogens is 6. The van der Waals surface area contributed by atoms with Crippen LogP contribution >= 0.6 is 11.8 Å². The Kier molecular flexibility index (Phi) is 7.80. The van der Waals surface area contributed by atoms with Gasteiger partial charge in [-0.15, -0.1) is 11.8 Å². The zero-order chi connectivity index (χ0) is 26.8. The number of piperidine rings is 1. The Hall–Kier alpha value is -2.73. The average Bonchev–Trinajstić information content (AvgIpc) is 3.27. The van der Waals surface area contributed by atoms with Crippen LogP contribution in [-0.2, 0) is 23.6 Å². The van der Waals surface area contributed by atoms with Crippen molar-refractivity contribution in [3.63, 3.8) is 0 Å². The predicted molar refractivity (Wildman–Crippen MR) is 127 cm³/mol. The number of thioether (sulfide) groups is 1. The van der Waals surface area contributed by atoms with Gasteiger partial charge in [-0.2, -0.15) is 26.3 Å². The number of benzene rings is 2. The maximum Gasteiger partial charge on any atom is 0.416 e. The number of amides is 2. The van der Waals surface area contributed by atoms with E-state index in [1.807, 2.05) is 30.3 Å². The molecule has 0 saturated carbocycles. The number of hydrogen-bond acceptors (Lipinski definition) is 4. The van der Waals surface area contributed by atoms with Gasteiger partial charge < -0.3 is 10.2 Å². The molecule has 2 aliphatic rings. The lowest BCUT2D eigenvalue weighted by Crippen LogP contribution is -2.54. The van der Waals surface area contributed by atoms with Crippen LogP contribution in [0.5, 0.6) is 0 Å². The minimum absolute atomic E-state index is 0.00606. The molecule has 0 radical (unpaired) electrons. The second kappa shape index (κ2) is 10.6. The van der Waals surface area contributed by atoms with Crippen molar-refractivity contribution in [3.05, 3.63) is 70.8 Å². The highest BCUT2D eigenvalue weighted by atomic mass is 32.2. The van der Waals surface area contributed by atoms with Crippen molar-refractivity contribution in [2.45, 2.75) is 42.5 Å². The third-order valence-corrected chi connectivity index (χ3v) is 8.11. The van der Waals surface area contributed by atoms with E-state index in [1.165, 1.54) is 4.90 Å².